The smallest absolute Gasteiger partial charge is 0.191 e. The third kappa shape index (κ3) is 6.36. The lowest BCUT2D eigenvalue weighted by Crippen LogP contribution is -2.42. The zero-order valence-corrected chi connectivity index (χ0v) is 14.8. The fourth-order valence-electron chi connectivity index (χ4n) is 2.81. The van der Waals surface area contributed by atoms with E-state index in [1.165, 1.54) is 44.5 Å². The molecule has 2 heterocycles. The molecule has 0 radical (unpaired) electrons. The third-order valence-corrected chi connectivity index (χ3v) is 4.71. The van der Waals surface area contributed by atoms with Gasteiger partial charge in [-0.2, -0.15) is 11.3 Å². The molecule has 1 aromatic heterocycles. The van der Waals surface area contributed by atoms with Gasteiger partial charge in [-0.25, -0.2) is 4.99 Å². The predicted molar refractivity (Wildman–Crippen MR) is 96.6 cm³/mol. The largest absolute Gasteiger partial charge is 0.357 e. The molecule has 2 rings (SSSR count). The summed E-state index contributed by atoms with van der Waals surface area (Å²) in [6, 6.07) is 2.14. The number of piperidine rings is 1. The van der Waals surface area contributed by atoms with Gasteiger partial charge in [0, 0.05) is 19.6 Å². The van der Waals surface area contributed by atoms with Gasteiger partial charge in [0.1, 0.15) is 0 Å². The van der Waals surface area contributed by atoms with Gasteiger partial charge in [0.05, 0.1) is 6.54 Å². The standard InChI is InChI=1S/C17H30N4S/c1-3-18-17(20-12-16-7-10-22-14-16)19-11-15(2)13-21-8-5-4-6-9-21/h7,10,14-15H,3-6,8-9,11-13H2,1-2H3,(H2,18,19,20). The summed E-state index contributed by atoms with van der Waals surface area (Å²) in [6.45, 7) is 10.8. The Balaban J connectivity index is 1.73. The van der Waals surface area contributed by atoms with Gasteiger partial charge in [-0.05, 0) is 61.2 Å². The van der Waals surface area contributed by atoms with Crippen molar-refractivity contribution in [3.05, 3.63) is 22.4 Å². The third-order valence-electron chi connectivity index (χ3n) is 3.98. The molecule has 1 atom stereocenters. The molecule has 0 saturated carbocycles. The summed E-state index contributed by atoms with van der Waals surface area (Å²) >= 11 is 1.73. The van der Waals surface area contributed by atoms with E-state index in [-0.39, 0.29) is 0 Å². The summed E-state index contributed by atoms with van der Waals surface area (Å²) in [6.07, 6.45) is 4.14. The second kappa shape index (κ2) is 9.85. The van der Waals surface area contributed by atoms with Crippen molar-refractivity contribution in [3.63, 3.8) is 0 Å². The van der Waals surface area contributed by atoms with Crippen LogP contribution in [-0.4, -0.2) is 43.6 Å². The summed E-state index contributed by atoms with van der Waals surface area (Å²) in [5.41, 5.74) is 1.28. The monoisotopic (exact) mass is 322 g/mol. The molecule has 1 aliphatic rings. The van der Waals surface area contributed by atoms with Crippen LogP contribution in [0.2, 0.25) is 0 Å². The fraction of sp³-hybridized carbons (Fsp3) is 0.706. The van der Waals surface area contributed by atoms with Gasteiger partial charge < -0.3 is 15.5 Å². The van der Waals surface area contributed by atoms with Gasteiger partial charge in [-0.3, -0.25) is 0 Å². The summed E-state index contributed by atoms with van der Waals surface area (Å²) in [5.74, 6) is 1.57. The minimum Gasteiger partial charge on any atom is -0.357 e. The molecule has 0 aromatic carbocycles. The van der Waals surface area contributed by atoms with Crippen LogP contribution in [0.3, 0.4) is 0 Å². The van der Waals surface area contributed by atoms with Gasteiger partial charge >= 0.3 is 0 Å². The molecule has 0 aliphatic carbocycles. The molecule has 5 heteroatoms. The number of nitrogens with zero attached hydrogens (tertiary/aromatic N) is 2. The first kappa shape index (κ1) is 17.3. The van der Waals surface area contributed by atoms with Crippen molar-refractivity contribution in [3.8, 4) is 0 Å². The molecular formula is C17H30N4S. The van der Waals surface area contributed by atoms with Crippen LogP contribution < -0.4 is 10.6 Å². The number of hydrogen-bond donors (Lipinski definition) is 2. The Kier molecular flexibility index (Phi) is 7.74. The number of nitrogens with one attached hydrogen (secondary N) is 2. The maximum Gasteiger partial charge on any atom is 0.191 e. The first-order valence-electron chi connectivity index (χ1n) is 8.53. The van der Waals surface area contributed by atoms with Crippen molar-refractivity contribution < 1.29 is 0 Å². The quantitative estimate of drug-likeness (QED) is 0.599. The number of likely N-dealkylation sites (tertiary alicyclic amines) is 1. The molecule has 1 saturated heterocycles. The van der Waals surface area contributed by atoms with E-state index in [1.54, 1.807) is 11.3 Å². The average Bonchev–Trinajstić information content (AvgIpc) is 3.04. The minimum absolute atomic E-state index is 0.642. The Morgan fingerprint density at radius 2 is 2.14 bits per heavy atom. The summed E-state index contributed by atoms with van der Waals surface area (Å²) < 4.78 is 0. The van der Waals surface area contributed by atoms with Crippen LogP contribution in [0.15, 0.2) is 21.8 Å². The molecule has 0 spiro atoms. The van der Waals surface area contributed by atoms with Crippen molar-refractivity contribution in [1.29, 1.82) is 0 Å². The van der Waals surface area contributed by atoms with Gasteiger partial charge in [0.2, 0.25) is 0 Å². The average molecular weight is 323 g/mol. The Morgan fingerprint density at radius 1 is 1.32 bits per heavy atom. The lowest BCUT2D eigenvalue weighted by molar-refractivity contribution is 0.201. The summed E-state index contributed by atoms with van der Waals surface area (Å²) in [5, 5.41) is 11.1. The van der Waals surface area contributed by atoms with Gasteiger partial charge in [-0.1, -0.05) is 13.3 Å². The zero-order valence-electron chi connectivity index (χ0n) is 14.0. The Bertz CT molecular complexity index is 424. The highest BCUT2D eigenvalue weighted by molar-refractivity contribution is 7.07. The Labute approximate surface area is 139 Å². The molecule has 0 bridgehead atoms. The van der Waals surface area contributed by atoms with Crippen LogP contribution in [-0.2, 0) is 6.54 Å². The number of guanidine groups is 1. The van der Waals surface area contributed by atoms with Gasteiger partial charge in [0.25, 0.3) is 0 Å². The number of hydrogen-bond acceptors (Lipinski definition) is 3. The lowest BCUT2D eigenvalue weighted by atomic mass is 10.1. The molecule has 1 fully saturated rings. The van der Waals surface area contributed by atoms with Gasteiger partial charge in [-0.15, -0.1) is 0 Å². The number of rotatable bonds is 7. The van der Waals surface area contributed by atoms with Crippen LogP contribution in [0.5, 0.6) is 0 Å². The minimum atomic E-state index is 0.642. The molecule has 2 N–H and O–H groups in total. The van der Waals surface area contributed by atoms with Crippen molar-refractivity contribution in [2.75, 3.05) is 32.7 Å². The Morgan fingerprint density at radius 3 is 2.82 bits per heavy atom. The molecule has 1 aromatic rings. The normalized spacial score (nSPS) is 18.2. The van der Waals surface area contributed by atoms with Crippen LogP contribution in [0.25, 0.3) is 0 Å². The highest BCUT2D eigenvalue weighted by Gasteiger charge is 2.13. The van der Waals surface area contributed by atoms with E-state index in [4.69, 9.17) is 0 Å². The van der Waals surface area contributed by atoms with Crippen molar-refractivity contribution in [1.82, 2.24) is 15.5 Å². The fourth-order valence-corrected chi connectivity index (χ4v) is 3.47. The SMILES string of the molecule is CCNC(=NCc1ccsc1)NCC(C)CN1CCCCC1. The highest BCUT2D eigenvalue weighted by Crippen LogP contribution is 2.10. The van der Waals surface area contributed by atoms with Gasteiger partial charge in [0.15, 0.2) is 5.96 Å². The van der Waals surface area contributed by atoms with Crippen LogP contribution in [0.1, 0.15) is 38.7 Å². The zero-order chi connectivity index (χ0) is 15.6. The van der Waals surface area contributed by atoms with E-state index in [1.807, 2.05) is 0 Å². The number of thiophene rings is 1. The molecule has 1 aliphatic heterocycles. The van der Waals surface area contributed by atoms with Crippen molar-refractivity contribution in [2.24, 2.45) is 10.9 Å². The molecule has 22 heavy (non-hydrogen) atoms. The molecule has 4 nitrogen and oxygen atoms in total. The van der Waals surface area contributed by atoms with E-state index < -0.39 is 0 Å². The number of aliphatic imine (C=N–C) groups is 1. The van der Waals surface area contributed by atoms with E-state index in [2.05, 4.69) is 51.2 Å². The van der Waals surface area contributed by atoms with Crippen LogP contribution >= 0.6 is 11.3 Å². The molecule has 0 amide bonds. The van der Waals surface area contributed by atoms with E-state index in [9.17, 15) is 0 Å². The highest BCUT2D eigenvalue weighted by atomic mass is 32.1. The molecular weight excluding hydrogens is 292 g/mol. The molecule has 124 valence electrons. The first-order valence-corrected chi connectivity index (χ1v) is 9.48. The second-order valence-corrected chi connectivity index (χ2v) is 6.95. The second-order valence-electron chi connectivity index (χ2n) is 6.17. The van der Waals surface area contributed by atoms with Crippen LogP contribution in [0.4, 0.5) is 0 Å². The topological polar surface area (TPSA) is 39.7 Å². The maximum atomic E-state index is 4.66. The summed E-state index contributed by atoms with van der Waals surface area (Å²) in [7, 11) is 0. The predicted octanol–water partition coefficient (Wildman–Crippen LogP) is 2.93. The van der Waals surface area contributed by atoms with Crippen molar-refractivity contribution in [2.45, 2.75) is 39.7 Å². The van der Waals surface area contributed by atoms with E-state index in [0.29, 0.717) is 5.92 Å². The molecule has 1 unspecified atom stereocenters. The van der Waals surface area contributed by atoms with Crippen LogP contribution in [0, 0.1) is 5.92 Å². The van der Waals surface area contributed by atoms with E-state index >= 15 is 0 Å². The maximum absolute atomic E-state index is 4.66. The van der Waals surface area contributed by atoms with E-state index in [0.717, 1.165) is 25.6 Å². The summed E-state index contributed by atoms with van der Waals surface area (Å²) in [4.78, 5) is 7.26. The van der Waals surface area contributed by atoms with Crippen molar-refractivity contribution >= 4 is 17.3 Å². The first-order chi connectivity index (χ1) is 10.8. The lowest BCUT2D eigenvalue weighted by Gasteiger charge is -2.29. The Hall–Kier alpha value is -1.07.